The van der Waals surface area contributed by atoms with Crippen molar-refractivity contribution in [1.29, 1.82) is 0 Å². The van der Waals surface area contributed by atoms with Gasteiger partial charge in [0, 0.05) is 19.0 Å². The van der Waals surface area contributed by atoms with Gasteiger partial charge in [0.1, 0.15) is 17.5 Å². The third-order valence-electron chi connectivity index (χ3n) is 6.21. The van der Waals surface area contributed by atoms with Gasteiger partial charge in [-0.2, -0.15) is 5.10 Å². The number of hydrogen-bond donors (Lipinski definition) is 1. The van der Waals surface area contributed by atoms with Crippen molar-refractivity contribution in [1.82, 2.24) is 24.2 Å². The molecule has 0 radical (unpaired) electrons. The minimum atomic E-state index is -1.06. The summed E-state index contributed by atoms with van der Waals surface area (Å²) in [5.74, 6) is -0.203. The van der Waals surface area contributed by atoms with Crippen molar-refractivity contribution in [2.24, 2.45) is 0 Å². The van der Waals surface area contributed by atoms with Crippen LogP contribution in [0, 0.1) is 5.82 Å². The Morgan fingerprint density at radius 2 is 2.03 bits per heavy atom. The number of aliphatic hydroxyl groups is 1. The van der Waals surface area contributed by atoms with E-state index in [1.807, 2.05) is 4.90 Å². The van der Waals surface area contributed by atoms with Crippen LogP contribution in [0.4, 0.5) is 4.39 Å². The second kappa shape index (κ2) is 7.02. The zero-order valence-corrected chi connectivity index (χ0v) is 16.4. The highest BCUT2D eigenvalue weighted by Gasteiger charge is 2.41. The molecule has 2 saturated heterocycles. The van der Waals surface area contributed by atoms with Crippen molar-refractivity contribution in [2.45, 2.75) is 50.3 Å². The van der Waals surface area contributed by atoms with Gasteiger partial charge in [-0.1, -0.05) is 0 Å². The van der Waals surface area contributed by atoms with Gasteiger partial charge >= 0.3 is 0 Å². The molecule has 1 aromatic carbocycles. The number of amides is 1. The predicted octanol–water partition coefficient (Wildman–Crippen LogP) is 1.63. The minimum Gasteiger partial charge on any atom is -0.388 e. The molecule has 2 aromatic heterocycles. The van der Waals surface area contributed by atoms with Crippen LogP contribution in [0.3, 0.4) is 0 Å². The monoisotopic (exact) mass is 411 g/mol. The van der Waals surface area contributed by atoms with E-state index in [0.717, 1.165) is 12.8 Å². The van der Waals surface area contributed by atoms with Crippen molar-refractivity contribution in [3.05, 3.63) is 53.0 Å². The summed E-state index contributed by atoms with van der Waals surface area (Å²) in [7, 11) is 0. The molecule has 2 aliphatic rings. The SMILES string of the molecule is O=C1CCCC2CC(O)(Cn3cnc4c(cnn4-c4ccc(F)cc4)c3=O)CCN12. The zero-order valence-electron chi connectivity index (χ0n) is 16.4. The smallest absolute Gasteiger partial charge is 0.264 e. The van der Waals surface area contributed by atoms with Crippen LogP contribution in [-0.4, -0.2) is 53.4 Å². The molecule has 3 aromatic rings. The average Bonchev–Trinajstić information content (AvgIpc) is 3.15. The molecule has 8 nitrogen and oxygen atoms in total. The first-order chi connectivity index (χ1) is 14.4. The molecule has 2 unspecified atom stereocenters. The number of halogens is 1. The lowest BCUT2D eigenvalue weighted by molar-refractivity contribution is -0.145. The third-order valence-corrected chi connectivity index (χ3v) is 6.21. The first-order valence-corrected chi connectivity index (χ1v) is 10.1. The molecule has 0 saturated carbocycles. The summed E-state index contributed by atoms with van der Waals surface area (Å²) in [4.78, 5) is 31.4. The van der Waals surface area contributed by atoms with E-state index in [9.17, 15) is 19.1 Å². The molecule has 5 rings (SSSR count). The van der Waals surface area contributed by atoms with Gasteiger partial charge in [-0.3, -0.25) is 14.2 Å². The lowest BCUT2D eigenvalue weighted by Gasteiger charge is -2.46. The lowest BCUT2D eigenvalue weighted by atomic mass is 9.82. The summed E-state index contributed by atoms with van der Waals surface area (Å²) >= 11 is 0. The number of nitrogens with zero attached hydrogens (tertiary/aromatic N) is 5. The molecule has 1 amide bonds. The number of aromatic nitrogens is 4. The second-order valence-electron chi connectivity index (χ2n) is 8.26. The third kappa shape index (κ3) is 3.19. The van der Waals surface area contributed by atoms with Gasteiger partial charge in [-0.25, -0.2) is 14.1 Å². The Balaban J connectivity index is 1.43. The van der Waals surface area contributed by atoms with Crippen LogP contribution in [0.25, 0.3) is 16.7 Å². The fourth-order valence-corrected chi connectivity index (χ4v) is 4.67. The molecule has 0 spiro atoms. The van der Waals surface area contributed by atoms with E-state index in [1.54, 1.807) is 12.1 Å². The van der Waals surface area contributed by atoms with E-state index in [1.165, 1.54) is 33.9 Å². The van der Waals surface area contributed by atoms with Crippen LogP contribution in [0.5, 0.6) is 0 Å². The zero-order chi connectivity index (χ0) is 20.9. The van der Waals surface area contributed by atoms with E-state index in [0.29, 0.717) is 42.5 Å². The molecule has 2 fully saturated rings. The molecule has 4 heterocycles. The van der Waals surface area contributed by atoms with Crippen LogP contribution >= 0.6 is 0 Å². The summed E-state index contributed by atoms with van der Waals surface area (Å²) in [5.41, 5.74) is -0.374. The Bertz CT molecular complexity index is 1170. The standard InChI is InChI=1S/C21H22FN5O3/c22-14-4-6-15(7-5-14)27-19-17(11-24-27)20(29)25(13-23-19)12-21(30)8-9-26-16(10-21)2-1-3-18(26)28/h4-7,11,13,16,30H,1-3,8-10,12H2. The number of carbonyl (C=O) groups is 1. The molecule has 2 aliphatic heterocycles. The van der Waals surface area contributed by atoms with Gasteiger partial charge in [0.15, 0.2) is 5.65 Å². The summed E-state index contributed by atoms with van der Waals surface area (Å²) in [6, 6.07) is 5.80. The highest BCUT2D eigenvalue weighted by atomic mass is 19.1. The van der Waals surface area contributed by atoms with Gasteiger partial charge in [0.25, 0.3) is 5.56 Å². The quantitative estimate of drug-likeness (QED) is 0.707. The van der Waals surface area contributed by atoms with E-state index >= 15 is 0 Å². The molecule has 0 aliphatic carbocycles. The van der Waals surface area contributed by atoms with Crippen molar-refractivity contribution < 1.29 is 14.3 Å². The van der Waals surface area contributed by atoms with Gasteiger partial charge < -0.3 is 10.0 Å². The molecule has 30 heavy (non-hydrogen) atoms. The minimum absolute atomic E-state index is 0.0265. The highest BCUT2D eigenvalue weighted by Crippen LogP contribution is 2.33. The van der Waals surface area contributed by atoms with Gasteiger partial charge in [-0.15, -0.1) is 0 Å². The predicted molar refractivity (Wildman–Crippen MR) is 107 cm³/mol. The van der Waals surface area contributed by atoms with Crippen LogP contribution in [0.1, 0.15) is 32.1 Å². The number of carbonyl (C=O) groups excluding carboxylic acids is 1. The molecule has 2 atom stereocenters. The van der Waals surface area contributed by atoms with Crippen molar-refractivity contribution in [3.8, 4) is 5.69 Å². The lowest BCUT2D eigenvalue weighted by Crippen LogP contribution is -2.56. The fraction of sp³-hybridized carbons (Fsp3) is 0.429. The number of rotatable bonds is 3. The van der Waals surface area contributed by atoms with Crippen molar-refractivity contribution in [3.63, 3.8) is 0 Å². The summed E-state index contributed by atoms with van der Waals surface area (Å²) in [6.45, 7) is 0.627. The van der Waals surface area contributed by atoms with Crippen LogP contribution in [0.15, 0.2) is 41.6 Å². The number of benzene rings is 1. The summed E-state index contributed by atoms with van der Waals surface area (Å²) in [6.07, 6.45) is 6.04. The molecule has 9 heteroatoms. The maximum absolute atomic E-state index is 13.2. The number of piperidine rings is 2. The van der Waals surface area contributed by atoms with Crippen molar-refractivity contribution >= 4 is 16.9 Å². The normalized spacial score (nSPS) is 24.3. The van der Waals surface area contributed by atoms with Crippen LogP contribution < -0.4 is 5.56 Å². The Hall–Kier alpha value is -3.07. The Morgan fingerprint density at radius 1 is 1.23 bits per heavy atom. The van der Waals surface area contributed by atoms with Gasteiger partial charge in [0.05, 0.1) is 24.0 Å². The average molecular weight is 411 g/mol. The van der Waals surface area contributed by atoms with E-state index in [-0.39, 0.29) is 29.9 Å². The molecular formula is C21H22FN5O3. The molecule has 156 valence electrons. The first kappa shape index (κ1) is 18.9. The number of hydrogen-bond acceptors (Lipinski definition) is 5. The Labute approximate surface area is 171 Å². The largest absolute Gasteiger partial charge is 0.388 e. The maximum Gasteiger partial charge on any atom is 0.264 e. The second-order valence-corrected chi connectivity index (χ2v) is 8.26. The van der Waals surface area contributed by atoms with Crippen LogP contribution in [-0.2, 0) is 11.3 Å². The van der Waals surface area contributed by atoms with Gasteiger partial charge in [-0.05, 0) is 49.9 Å². The summed E-state index contributed by atoms with van der Waals surface area (Å²) in [5, 5.41) is 15.7. The van der Waals surface area contributed by atoms with E-state index in [4.69, 9.17) is 0 Å². The van der Waals surface area contributed by atoms with Crippen LogP contribution in [0.2, 0.25) is 0 Å². The molecule has 1 N–H and O–H groups in total. The Kier molecular flexibility index (Phi) is 4.43. The topological polar surface area (TPSA) is 93.2 Å². The van der Waals surface area contributed by atoms with E-state index < -0.39 is 5.60 Å². The maximum atomic E-state index is 13.2. The van der Waals surface area contributed by atoms with E-state index in [2.05, 4.69) is 10.1 Å². The van der Waals surface area contributed by atoms with Crippen molar-refractivity contribution in [2.75, 3.05) is 6.54 Å². The molecule has 0 bridgehead atoms. The molecular weight excluding hydrogens is 389 g/mol. The highest BCUT2D eigenvalue weighted by molar-refractivity contribution is 5.77. The fourth-order valence-electron chi connectivity index (χ4n) is 4.67. The Morgan fingerprint density at radius 3 is 2.83 bits per heavy atom. The number of fused-ring (bicyclic) bond motifs is 2. The first-order valence-electron chi connectivity index (χ1n) is 10.1. The van der Waals surface area contributed by atoms with Gasteiger partial charge in [0.2, 0.25) is 5.91 Å². The summed E-state index contributed by atoms with van der Waals surface area (Å²) < 4.78 is 16.1.